The molecule has 21 heavy (non-hydrogen) atoms. The maximum Gasteiger partial charge on any atom is 0.293 e. The van der Waals surface area contributed by atoms with Gasteiger partial charge in [-0.15, -0.1) is 11.3 Å². The number of imide groups is 1. The number of hydrogen-bond donors (Lipinski definition) is 0. The highest BCUT2D eigenvalue weighted by Gasteiger charge is 2.35. The summed E-state index contributed by atoms with van der Waals surface area (Å²) in [5.41, 5.74) is 2.08. The van der Waals surface area contributed by atoms with Crippen molar-refractivity contribution < 1.29 is 9.59 Å². The van der Waals surface area contributed by atoms with Gasteiger partial charge in [-0.25, -0.2) is 0 Å². The molecule has 1 aromatic carbocycles. The fraction of sp³-hybridized carbons (Fsp3) is 0.125. The Bertz CT molecular complexity index is 720. The quantitative estimate of drug-likeness (QED) is 0.793. The highest BCUT2D eigenvalue weighted by molar-refractivity contribution is 8.18. The second-order valence-corrected chi connectivity index (χ2v) is 6.68. The number of thioether (sulfide) groups is 1. The molecule has 3 nitrogen and oxygen atoms in total. The molecule has 2 amide bonds. The van der Waals surface area contributed by atoms with E-state index >= 15 is 0 Å². The van der Waals surface area contributed by atoms with Crippen LogP contribution in [0.25, 0.3) is 6.08 Å². The number of nitrogens with zero attached hydrogens (tertiary/aromatic N) is 1. The van der Waals surface area contributed by atoms with Crippen LogP contribution >= 0.6 is 23.1 Å². The molecule has 0 spiro atoms. The molecule has 0 bridgehead atoms. The van der Waals surface area contributed by atoms with Crippen molar-refractivity contribution in [3.05, 3.63) is 62.7 Å². The van der Waals surface area contributed by atoms with Crippen molar-refractivity contribution in [1.29, 1.82) is 0 Å². The van der Waals surface area contributed by atoms with Gasteiger partial charge < -0.3 is 0 Å². The van der Waals surface area contributed by atoms with E-state index in [-0.39, 0.29) is 11.1 Å². The van der Waals surface area contributed by atoms with Crippen molar-refractivity contribution in [3.8, 4) is 0 Å². The zero-order valence-electron chi connectivity index (χ0n) is 11.4. The molecule has 2 aromatic rings. The standard InChI is InChI=1S/C16H13NO2S2/c1-11-5-2-3-6-12(11)10-17-15(18)14(21-16(17)19)9-13-7-4-8-20-13/h2-9H,10H2,1H3/b14-9-. The largest absolute Gasteiger partial charge is 0.293 e. The average Bonchev–Trinajstić information content (AvgIpc) is 3.05. The van der Waals surface area contributed by atoms with Crippen LogP contribution in [-0.4, -0.2) is 16.0 Å². The summed E-state index contributed by atoms with van der Waals surface area (Å²) in [5, 5.41) is 1.75. The predicted octanol–water partition coefficient (Wildman–Crippen LogP) is 4.29. The zero-order valence-corrected chi connectivity index (χ0v) is 13.0. The first-order chi connectivity index (χ1) is 10.1. The van der Waals surface area contributed by atoms with E-state index in [0.717, 1.165) is 27.8 Å². The molecule has 1 aliphatic rings. The molecular weight excluding hydrogens is 302 g/mol. The van der Waals surface area contributed by atoms with Gasteiger partial charge in [-0.2, -0.15) is 0 Å². The fourth-order valence-corrected chi connectivity index (χ4v) is 3.66. The Labute approximate surface area is 131 Å². The third kappa shape index (κ3) is 2.94. The number of carbonyl (C=O) groups excluding carboxylic acids is 2. The number of thiophene rings is 1. The van der Waals surface area contributed by atoms with Crippen molar-refractivity contribution in [3.63, 3.8) is 0 Å². The fourth-order valence-electron chi connectivity index (χ4n) is 2.10. The maximum absolute atomic E-state index is 12.4. The molecule has 0 N–H and O–H groups in total. The Morgan fingerprint density at radius 2 is 1.95 bits per heavy atom. The second kappa shape index (κ2) is 5.87. The molecule has 0 radical (unpaired) electrons. The first kappa shape index (κ1) is 14.1. The Balaban J connectivity index is 1.83. The molecule has 2 heterocycles. The third-order valence-electron chi connectivity index (χ3n) is 3.28. The van der Waals surface area contributed by atoms with Crippen LogP contribution in [0.3, 0.4) is 0 Å². The summed E-state index contributed by atoms with van der Waals surface area (Å²) in [6.45, 7) is 2.31. The summed E-state index contributed by atoms with van der Waals surface area (Å²) in [7, 11) is 0. The van der Waals surface area contributed by atoms with Crippen LogP contribution in [0, 0.1) is 6.92 Å². The summed E-state index contributed by atoms with van der Waals surface area (Å²) in [6.07, 6.45) is 1.79. The average molecular weight is 315 g/mol. The number of carbonyl (C=O) groups is 2. The lowest BCUT2D eigenvalue weighted by Crippen LogP contribution is -2.27. The summed E-state index contributed by atoms with van der Waals surface area (Å²) in [6, 6.07) is 11.7. The minimum Gasteiger partial charge on any atom is -0.268 e. The topological polar surface area (TPSA) is 37.4 Å². The first-order valence-corrected chi connectivity index (χ1v) is 8.18. The molecule has 106 valence electrons. The molecule has 0 atom stereocenters. The Kier molecular flexibility index (Phi) is 3.94. The summed E-state index contributed by atoms with van der Waals surface area (Å²) < 4.78 is 0. The lowest BCUT2D eigenvalue weighted by Gasteiger charge is -2.14. The van der Waals surface area contributed by atoms with Gasteiger partial charge in [-0.05, 0) is 47.3 Å². The molecular formula is C16H13NO2S2. The first-order valence-electron chi connectivity index (χ1n) is 6.48. The summed E-state index contributed by atoms with van der Waals surface area (Å²) in [4.78, 5) is 27.2. The van der Waals surface area contributed by atoms with Crippen molar-refractivity contribution in [2.75, 3.05) is 0 Å². The normalized spacial score (nSPS) is 17.0. The smallest absolute Gasteiger partial charge is 0.268 e. The lowest BCUT2D eigenvalue weighted by atomic mass is 10.1. The number of amides is 2. The summed E-state index contributed by atoms with van der Waals surface area (Å²) >= 11 is 2.56. The van der Waals surface area contributed by atoms with Crippen LogP contribution in [0.2, 0.25) is 0 Å². The minimum absolute atomic E-state index is 0.203. The van der Waals surface area contributed by atoms with Crippen LogP contribution < -0.4 is 0 Å². The van der Waals surface area contributed by atoms with Crippen LogP contribution in [0.4, 0.5) is 4.79 Å². The highest BCUT2D eigenvalue weighted by atomic mass is 32.2. The Hall–Kier alpha value is -1.85. The van der Waals surface area contributed by atoms with Gasteiger partial charge in [-0.3, -0.25) is 14.5 Å². The van der Waals surface area contributed by atoms with Gasteiger partial charge in [0, 0.05) is 4.88 Å². The zero-order chi connectivity index (χ0) is 14.8. The van der Waals surface area contributed by atoms with E-state index in [9.17, 15) is 9.59 Å². The molecule has 3 rings (SSSR count). The van der Waals surface area contributed by atoms with Gasteiger partial charge in [0.05, 0.1) is 11.4 Å². The molecule has 1 saturated heterocycles. The van der Waals surface area contributed by atoms with E-state index in [1.807, 2.05) is 48.7 Å². The Morgan fingerprint density at radius 3 is 2.67 bits per heavy atom. The summed E-state index contributed by atoms with van der Waals surface area (Å²) in [5.74, 6) is -0.207. The van der Waals surface area contributed by atoms with Crippen molar-refractivity contribution in [2.24, 2.45) is 0 Å². The Morgan fingerprint density at radius 1 is 1.14 bits per heavy atom. The van der Waals surface area contributed by atoms with Crippen molar-refractivity contribution in [2.45, 2.75) is 13.5 Å². The minimum atomic E-state index is -0.207. The number of hydrogen-bond acceptors (Lipinski definition) is 4. The predicted molar refractivity (Wildman–Crippen MR) is 87.0 cm³/mol. The highest BCUT2D eigenvalue weighted by Crippen LogP contribution is 2.34. The van der Waals surface area contributed by atoms with Crippen LogP contribution in [0.15, 0.2) is 46.7 Å². The second-order valence-electron chi connectivity index (χ2n) is 4.71. The number of benzene rings is 1. The van der Waals surface area contributed by atoms with E-state index in [0.29, 0.717) is 11.4 Å². The van der Waals surface area contributed by atoms with E-state index in [2.05, 4.69) is 0 Å². The van der Waals surface area contributed by atoms with E-state index in [4.69, 9.17) is 0 Å². The van der Waals surface area contributed by atoms with Gasteiger partial charge in [0.25, 0.3) is 11.1 Å². The molecule has 1 fully saturated rings. The van der Waals surface area contributed by atoms with E-state index in [1.165, 1.54) is 4.90 Å². The molecule has 0 unspecified atom stereocenters. The van der Waals surface area contributed by atoms with Crippen molar-refractivity contribution >= 4 is 40.3 Å². The SMILES string of the molecule is Cc1ccccc1CN1C(=O)S/C(=C\c2cccs2)C1=O. The van der Waals surface area contributed by atoms with E-state index < -0.39 is 0 Å². The molecule has 1 aromatic heterocycles. The monoisotopic (exact) mass is 315 g/mol. The maximum atomic E-state index is 12.4. The van der Waals surface area contributed by atoms with Crippen LogP contribution in [-0.2, 0) is 11.3 Å². The number of rotatable bonds is 3. The van der Waals surface area contributed by atoms with Gasteiger partial charge in [0.1, 0.15) is 0 Å². The third-order valence-corrected chi connectivity index (χ3v) is 5.01. The van der Waals surface area contributed by atoms with E-state index in [1.54, 1.807) is 17.4 Å². The van der Waals surface area contributed by atoms with Gasteiger partial charge in [-0.1, -0.05) is 30.3 Å². The van der Waals surface area contributed by atoms with Crippen LogP contribution in [0.5, 0.6) is 0 Å². The van der Waals surface area contributed by atoms with Crippen molar-refractivity contribution in [1.82, 2.24) is 4.90 Å². The van der Waals surface area contributed by atoms with Gasteiger partial charge >= 0.3 is 0 Å². The number of aryl methyl sites for hydroxylation is 1. The molecule has 0 aliphatic carbocycles. The molecule has 0 saturated carbocycles. The molecule has 1 aliphatic heterocycles. The lowest BCUT2D eigenvalue weighted by molar-refractivity contribution is -0.123. The van der Waals surface area contributed by atoms with Gasteiger partial charge in [0.2, 0.25) is 0 Å². The van der Waals surface area contributed by atoms with Crippen LogP contribution in [0.1, 0.15) is 16.0 Å². The van der Waals surface area contributed by atoms with Gasteiger partial charge in [0.15, 0.2) is 0 Å². The molecule has 5 heteroatoms.